The maximum absolute atomic E-state index is 13.7. The number of rotatable bonds is 8. The zero-order chi connectivity index (χ0) is 24.2. The lowest BCUT2D eigenvalue weighted by Crippen LogP contribution is -2.40. The van der Waals surface area contributed by atoms with Crippen molar-refractivity contribution in [1.29, 1.82) is 0 Å². The molecule has 0 radical (unpaired) electrons. The van der Waals surface area contributed by atoms with Gasteiger partial charge in [-0.1, -0.05) is 71.3 Å². The van der Waals surface area contributed by atoms with Gasteiger partial charge in [0.05, 0.1) is 11.4 Å². The van der Waals surface area contributed by atoms with E-state index in [9.17, 15) is 13.2 Å². The summed E-state index contributed by atoms with van der Waals surface area (Å²) in [6.45, 7) is 7.58. The molecule has 0 aliphatic heterocycles. The first kappa shape index (κ1) is 25.0. The standard InChI is InChI=1S/C26H29ClN2O3S/c1-18-6-5-7-23(14-18)15-28-25(30)17-29(16-22-8-10-24(27)11-9-22)33(31,32)26-20(3)12-19(2)13-21(26)4/h5-14H,15-17H2,1-4H3,(H,28,30). The summed E-state index contributed by atoms with van der Waals surface area (Å²) in [5, 5.41) is 3.41. The van der Waals surface area contributed by atoms with Crippen molar-refractivity contribution in [3.8, 4) is 0 Å². The lowest BCUT2D eigenvalue weighted by Gasteiger charge is -2.24. The van der Waals surface area contributed by atoms with Crippen LogP contribution in [0.4, 0.5) is 0 Å². The van der Waals surface area contributed by atoms with Gasteiger partial charge in [-0.25, -0.2) is 8.42 Å². The van der Waals surface area contributed by atoms with Crippen LogP contribution in [0.1, 0.15) is 33.4 Å². The molecule has 0 atom stereocenters. The number of halogens is 1. The molecule has 0 bridgehead atoms. The van der Waals surface area contributed by atoms with Gasteiger partial charge in [-0.15, -0.1) is 0 Å². The molecule has 5 nitrogen and oxygen atoms in total. The van der Waals surface area contributed by atoms with Gasteiger partial charge in [0.25, 0.3) is 0 Å². The molecule has 0 spiro atoms. The summed E-state index contributed by atoms with van der Waals surface area (Å²) in [4.78, 5) is 13.1. The maximum Gasteiger partial charge on any atom is 0.244 e. The van der Waals surface area contributed by atoms with Crippen LogP contribution in [0.5, 0.6) is 0 Å². The highest BCUT2D eigenvalue weighted by Gasteiger charge is 2.30. The van der Waals surface area contributed by atoms with Crippen molar-refractivity contribution in [3.63, 3.8) is 0 Å². The monoisotopic (exact) mass is 484 g/mol. The number of nitrogens with zero attached hydrogens (tertiary/aromatic N) is 1. The number of sulfonamides is 1. The van der Waals surface area contributed by atoms with Crippen molar-refractivity contribution in [1.82, 2.24) is 9.62 Å². The van der Waals surface area contributed by atoms with Crippen LogP contribution >= 0.6 is 11.6 Å². The van der Waals surface area contributed by atoms with Crippen LogP contribution in [-0.4, -0.2) is 25.2 Å². The van der Waals surface area contributed by atoms with E-state index >= 15 is 0 Å². The van der Waals surface area contributed by atoms with Crippen LogP contribution in [0, 0.1) is 27.7 Å². The van der Waals surface area contributed by atoms with Crippen LogP contribution in [0.25, 0.3) is 0 Å². The predicted octanol–water partition coefficient (Wildman–Crippen LogP) is 5.08. The third kappa shape index (κ3) is 6.44. The van der Waals surface area contributed by atoms with Crippen LogP contribution in [-0.2, 0) is 27.9 Å². The fourth-order valence-electron chi connectivity index (χ4n) is 3.96. The van der Waals surface area contributed by atoms with Gasteiger partial charge in [0.1, 0.15) is 0 Å². The van der Waals surface area contributed by atoms with E-state index in [-0.39, 0.29) is 23.9 Å². The molecular formula is C26H29ClN2O3S. The molecule has 7 heteroatoms. The summed E-state index contributed by atoms with van der Waals surface area (Å²) in [5.74, 6) is -0.364. The second-order valence-electron chi connectivity index (χ2n) is 8.39. The van der Waals surface area contributed by atoms with E-state index in [0.29, 0.717) is 22.7 Å². The van der Waals surface area contributed by atoms with Gasteiger partial charge < -0.3 is 5.32 Å². The highest BCUT2D eigenvalue weighted by Crippen LogP contribution is 2.26. The Morgan fingerprint density at radius 2 is 1.52 bits per heavy atom. The number of benzene rings is 3. The first-order valence-electron chi connectivity index (χ1n) is 10.7. The first-order chi connectivity index (χ1) is 15.6. The average molecular weight is 485 g/mol. The molecule has 3 aromatic carbocycles. The van der Waals surface area contributed by atoms with Crippen LogP contribution in [0.2, 0.25) is 5.02 Å². The molecule has 1 amide bonds. The van der Waals surface area contributed by atoms with Gasteiger partial charge in [0, 0.05) is 18.1 Å². The average Bonchev–Trinajstić information content (AvgIpc) is 2.72. The predicted molar refractivity (Wildman–Crippen MR) is 133 cm³/mol. The van der Waals surface area contributed by atoms with Crippen molar-refractivity contribution >= 4 is 27.5 Å². The molecule has 0 fully saturated rings. The molecule has 0 heterocycles. The zero-order valence-corrected chi connectivity index (χ0v) is 20.9. The highest BCUT2D eigenvalue weighted by molar-refractivity contribution is 7.89. The molecule has 0 aliphatic carbocycles. The maximum atomic E-state index is 13.7. The Hall–Kier alpha value is -2.67. The highest BCUT2D eigenvalue weighted by atomic mass is 35.5. The number of carbonyl (C=O) groups is 1. The number of carbonyl (C=O) groups excluding carboxylic acids is 1. The molecule has 3 rings (SSSR count). The van der Waals surface area contributed by atoms with E-state index in [1.54, 1.807) is 38.1 Å². The molecule has 0 saturated heterocycles. The second kappa shape index (κ2) is 10.5. The van der Waals surface area contributed by atoms with Crippen LogP contribution in [0.3, 0.4) is 0 Å². The number of hydrogen-bond donors (Lipinski definition) is 1. The molecule has 174 valence electrons. The molecule has 33 heavy (non-hydrogen) atoms. The molecular weight excluding hydrogens is 456 g/mol. The zero-order valence-electron chi connectivity index (χ0n) is 19.4. The molecule has 1 N–H and O–H groups in total. The van der Waals surface area contributed by atoms with Crippen LogP contribution in [0.15, 0.2) is 65.6 Å². The van der Waals surface area contributed by atoms with Gasteiger partial charge in [0.2, 0.25) is 15.9 Å². The van der Waals surface area contributed by atoms with Crippen molar-refractivity contribution in [2.45, 2.75) is 45.7 Å². The SMILES string of the molecule is Cc1cccc(CNC(=O)CN(Cc2ccc(Cl)cc2)S(=O)(=O)c2c(C)cc(C)cc2C)c1. The van der Waals surface area contributed by atoms with E-state index in [2.05, 4.69) is 5.32 Å². The third-order valence-corrected chi connectivity index (χ3v) is 7.72. The minimum absolute atomic E-state index is 0.0596. The summed E-state index contributed by atoms with van der Waals surface area (Å²) in [7, 11) is -3.93. The number of amides is 1. The summed E-state index contributed by atoms with van der Waals surface area (Å²) in [6, 6.07) is 18.5. The smallest absolute Gasteiger partial charge is 0.244 e. The normalized spacial score (nSPS) is 11.6. The van der Waals surface area contributed by atoms with Gasteiger partial charge in [-0.05, 0) is 62.1 Å². The van der Waals surface area contributed by atoms with E-state index in [1.165, 1.54) is 4.31 Å². The summed E-state index contributed by atoms with van der Waals surface area (Å²) in [6.07, 6.45) is 0. The Kier molecular flexibility index (Phi) is 7.95. The minimum atomic E-state index is -3.93. The fourth-order valence-corrected chi connectivity index (χ4v) is 5.88. The Balaban J connectivity index is 1.88. The minimum Gasteiger partial charge on any atom is -0.351 e. The third-order valence-electron chi connectivity index (χ3n) is 5.37. The van der Waals surface area contributed by atoms with E-state index in [4.69, 9.17) is 11.6 Å². The molecule has 0 saturated carbocycles. The van der Waals surface area contributed by atoms with Gasteiger partial charge in [0.15, 0.2) is 0 Å². The molecule has 0 unspecified atom stereocenters. The Bertz CT molecular complexity index is 1230. The lowest BCUT2D eigenvalue weighted by atomic mass is 10.1. The second-order valence-corrected chi connectivity index (χ2v) is 10.7. The summed E-state index contributed by atoms with van der Waals surface area (Å²) in [5.41, 5.74) is 5.11. The molecule has 0 aromatic heterocycles. The van der Waals surface area contributed by atoms with Crippen molar-refractivity contribution in [2.75, 3.05) is 6.54 Å². The van der Waals surface area contributed by atoms with E-state index in [0.717, 1.165) is 22.3 Å². The van der Waals surface area contributed by atoms with Gasteiger partial charge in [-0.3, -0.25) is 4.79 Å². The molecule has 0 aliphatic rings. The van der Waals surface area contributed by atoms with Gasteiger partial charge >= 0.3 is 0 Å². The van der Waals surface area contributed by atoms with E-state index < -0.39 is 10.0 Å². The number of nitrogens with one attached hydrogen (secondary N) is 1. The van der Waals surface area contributed by atoms with Crippen molar-refractivity contribution < 1.29 is 13.2 Å². The topological polar surface area (TPSA) is 66.5 Å². The largest absolute Gasteiger partial charge is 0.351 e. The van der Waals surface area contributed by atoms with E-state index in [1.807, 2.05) is 50.2 Å². The Labute approximate surface area is 201 Å². The molecule has 3 aromatic rings. The number of aryl methyl sites for hydroxylation is 4. The van der Waals surface area contributed by atoms with Crippen LogP contribution < -0.4 is 5.32 Å². The quantitative estimate of drug-likeness (QED) is 0.484. The van der Waals surface area contributed by atoms with Crippen molar-refractivity contribution in [2.24, 2.45) is 0 Å². The first-order valence-corrected chi connectivity index (χ1v) is 12.5. The Morgan fingerprint density at radius 3 is 2.12 bits per heavy atom. The summed E-state index contributed by atoms with van der Waals surface area (Å²) >= 11 is 5.99. The Morgan fingerprint density at radius 1 is 0.879 bits per heavy atom. The number of hydrogen-bond acceptors (Lipinski definition) is 3. The lowest BCUT2D eigenvalue weighted by molar-refractivity contribution is -0.121. The summed E-state index contributed by atoms with van der Waals surface area (Å²) < 4.78 is 28.7. The van der Waals surface area contributed by atoms with Gasteiger partial charge in [-0.2, -0.15) is 4.31 Å². The van der Waals surface area contributed by atoms with Crippen molar-refractivity contribution in [3.05, 3.63) is 99.1 Å². The fraction of sp³-hybridized carbons (Fsp3) is 0.269.